The van der Waals surface area contributed by atoms with Crippen LogP contribution in [0.15, 0.2) is 36.4 Å². The van der Waals surface area contributed by atoms with Crippen molar-refractivity contribution in [1.82, 2.24) is 0 Å². The van der Waals surface area contributed by atoms with E-state index in [-0.39, 0.29) is 17.1 Å². The Balaban J connectivity index is 2.15. The third-order valence-electron chi connectivity index (χ3n) is 3.11. The molecule has 4 nitrogen and oxygen atoms in total. The van der Waals surface area contributed by atoms with E-state index in [0.29, 0.717) is 18.8 Å². The minimum Gasteiger partial charge on any atom is -0.490 e. The van der Waals surface area contributed by atoms with Crippen molar-refractivity contribution >= 4 is 5.69 Å². The molecule has 0 heterocycles. The van der Waals surface area contributed by atoms with Crippen molar-refractivity contribution in [3.63, 3.8) is 0 Å². The second-order valence-electron chi connectivity index (χ2n) is 4.75. The monoisotopic (exact) mass is 336 g/mol. The highest BCUT2D eigenvalue weighted by atomic mass is 19.3. The van der Waals surface area contributed by atoms with Gasteiger partial charge in [-0.3, -0.25) is 0 Å². The Kier molecular flexibility index (Phi) is 5.90. The maximum absolute atomic E-state index is 13.1. The predicted octanol–water partition coefficient (Wildman–Crippen LogP) is 4.31. The SMILES string of the molecule is CCOc1cc(CNc2ccc(F)cc2C#N)ccc1OC(F)F. The molecule has 0 saturated heterocycles. The molecule has 0 fully saturated rings. The first kappa shape index (κ1) is 17.5. The van der Waals surface area contributed by atoms with E-state index in [4.69, 9.17) is 10.00 Å². The van der Waals surface area contributed by atoms with E-state index < -0.39 is 12.4 Å². The minimum absolute atomic E-state index is 0.0462. The van der Waals surface area contributed by atoms with Crippen LogP contribution in [0.4, 0.5) is 18.9 Å². The van der Waals surface area contributed by atoms with Gasteiger partial charge in [0.25, 0.3) is 0 Å². The third kappa shape index (κ3) is 4.56. The summed E-state index contributed by atoms with van der Waals surface area (Å²) >= 11 is 0. The molecule has 0 amide bonds. The van der Waals surface area contributed by atoms with Crippen molar-refractivity contribution in [1.29, 1.82) is 5.26 Å². The van der Waals surface area contributed by atoms with Gasteiger partial charge in [-0.05, 0) is 42.8 Å². The van der Waals surface area contributed by atoms with Gasteiger partial charge in [0.05, 0.1) is 17.9 Å². The number of halogens is 3. The normalized spacial score (nSPS) is 10.3. The number of nitrogens with one attached hydrogen (secondary N) is 1. The molecule has 0 radical (unpaired) electrons. The summed E-state index contributed by atoms with van der Waals surface area (Å²) in [7, 11) is 0. The van der Waals surface area contributed by atoms with Crippen molar-refractivity contribution in [2.45, 2.75) is 20.1 Å². The van der Waals surface area contributed by atoms with Crippen molar-refractivity contribution in [2.24, 2.45) is 0 Å². The molecule has 2 rings (SSSR count). The van der Waals surface area contributed by atoms with Crippen LogP contribution in [0.25, 0.3) is 0 Å². The maximum Gasteiger partial charge on any atom is 0.387 e. The van der Waals surface area contributed by atoms with Gasteiger partial charge in [0.1, 0.15) is 11.9 Å². The van der Waals surface area contributed by atoms with E-state index in [9.17, 15) is 13.2 Å². The Hall–Kier alpha value is -2.88. The predicted molar refractivity (Wildman–Crippen MR) is 82.7 cm³/mol. The van der Waals surface area contributed by atoms with Crippen molar-refractivity contribution in [3.05, 3.63) is 53.3 Å². The molecule has 1 N–H and O–H groups in total. The van der Waals surface area contributed by atoms with Gasteiger partial charge in [-0.15, -0.1) is 0 Å². The van der Waals surface area contributed by atoms with Gasteiger partial charge >= 0.3 is 6.61 Å². The summed E-state index contributed by atoms with van der Waals surface area (Å²) < 4.78 is 47.6. The molecule has 0 saturated carbocycles. The highest BCUT2D eigenvalue weighted by Gasteiger charge is 2.12. The summed E-state index contributed by atoms with van der Waals surface area (Å²) in [4.78, 5) is 0. The number of benzene rings is 2. The highest BCUT2D eigenvalue weighted by molar-refractivity contribution is 5.57. The summed E-state index contributed by atoms with van der Waals surface area (Å²) in [6.45, 7) is -0.609. The van der Waals surface area contributed by atoms with Crippen LogP contribution in [0.1, 0.15) is 18.1 Å². The zero-order chi connectivity index (χ0) is 17.5. The summed E-state index contributed by atoms with van der Waals surface area (Å²) in [5.41, 5.74) is 1.38. The molecule has 0 aliphatic heterocycles. The summed E-state index contributed by atoms with van der Waals surface area (Å²) in [5, 5.41) is 12.0. The Labute approximate surface area is 137 Å². The van der Waals surface area contributed by atoms with Crippen molar-refractivity contribution in [3.8, 4) is 17.6 Å². The van der Waals surface area contributed by atoms with E-state index in [1.807, 2.05) is 6.07 Å². The van der Waals surface area contributed by atoms with Gasteiger partial charge in [-0.1, -0.05) is 6.07 Å². The van der Waals surface area contributed by atoms with Gasteiger partial charge in [-0.25, -0.2) is 4.39 Å². The van der Waals surface area contributed by atoms with E-state index in [1.54, 1.807) is 19.1 Å². The lowest BCUT2D eigenvalue weighted by Gasteiger charge is -2.14. The van der Waals surface area contributed by atoms with Crippen molar-refractivity contribution < 1.29 is 22.6 Å². The van der Waals surface area contributed by atoms with Crippen LogP contribution >= 0.6 is 0 Å². The molecular formula is C17H15F3N2O2. The first-order valence-corrected chi connectivity index (χ1v) is 7.17. The van der Waals surface area contributed by atoms with Crippen LogP contribution in [-0.4, -0.2) is 13.2 Å². The number of nitriles is 1. The Bertz CT molecular complexity index is 745. The fraction of sp³-hybridized carbons (Fsp3) is 0.235. The Morgan fingerprint density at radius 1 is 1.17 bits per heavy atom. The standard InChI is InChI=1S/C17H15F3N2O2/c1-2-23-16-7-11(3-6-15(16)24-17(19)20)10-22-14-5-4-13(18)8-12(14)9-21/h3-8,17,22H,2,10H2,1H3. The molecule has 0 aliphatic carbocycles. The lowest BCUT2D eigenvalue weighted by atomic mass is 10.1. The molecule has 24 heavy (non-hydrogen) atoms. The van der Waals surface area contributed by atoms with E-state index in [1.165, 1.54) is 18.2 Å². The highest BCUT2D eigenvalue weighted by Crippen LogP contribution is 2.30. The van der Waals surface area contributed by atoms with Crippen LogP contribution < -0.4 is 14.8 Å². The van der Waals surface area contributed by atoms with Gasteiger partial charge in [0.2, 0.25) is 0 Å². The molecular weight excluding hydrogens is 321 g/mol. The number of hydrogen-bond acceptors (Lipinski definition) is 4. The van der Waals surface area contributed by atoms with Gasteiger partial charge in [0, 0.05) is 6.54 Å². The smallest absolute Gasteiger partial charge is 0.387 e. The average Bonchev–Trinajstić information content (AvgIpc) is 2.55. The second-order valence-corrected chi connectivity index (χ2v) is 4.75. The van der Waals surface area contributed by atoms with E-state index in [2.05, 4.69) is 10.1 Å². The molecule has 2 aromatic carbocycles. The zero-order valence-corrected chi connectivity index (χ0v) is 12.9. The fourth-order valence-electron chi connectivity index (χ4n) is 2.08. The topological polar surface area (TPSA) is 54.3 Å². The molecule has 0 unspecified atom stereocenters. The number of ether oxygens (including phenoxy) is 2. The lowest BCUT2D eigenvalue weighted by Crippen LogP contribution is -2.06. The van der Waals surface area contributed by atoms with Crippen LogP contribution in [0.2, 0.25) is 0 Å². The van der Waals surface area contributed by atoms with Crippen molar-refractivity contribution in [2.75, 3.05) is 11.9 Å². The van der Waals surface area contributed by atoms with Gasteiger partial charge < -0.3 is 14.8 Å². The molecule has 0 bridgehead atoms. The quantitative estimate of drug-likeness (QED) is 0.818. The first-order chi connectivity index (χ1) is 11.5. The number of rotatable bonds is 7. The molecule has 0 aromatic heterocycles. The van der Waals surface area contributed by atoms with Crippen LogP contribution in [0, 0.1) is 17.1 Å². The van der Waals surface area contributed by atoms with E-state index in [0.717, 1.165) is 11.6 Å². The number of hydrogen-bond donors (Lipinski definition) is 1. The van der Waals surface area contributed by atoms with Crippen LogP contribution in [-0.2, 0) is 6.54 Å². The molecule has 0 spiro atoms. The maximum atomic E-state index is 13.1. The average molecular weight is 336 g/mol. The molecule has 126 valence electrons. The van der Waals surface area contributed by atoms with Gasteiger partial charge in [0.15, 0.2) is 11.5 Å². The summed E-state index contributed by atoms with van der Waals surface area (Å²) in [6.07, 6.45) is 0. The summed E-state index contributed by atoms with van der Waals surface area (Å²) in [5.74, 6) is -0.337. The first-order valence-electron chi connectivity index (χ1n) is 7.17. The number of nitrogens with zero attached hydrogens (tertiary/aromatic N) is 1. The van der Waals surface area contributed by atoms with Crippen LogP contribution in [0.3, 0.4) is 0 Å². The Morgan fingerprint density at radius 2 is 1.96 bits per heavy atom. The number of alkyl halides is 2. The number of anilines is 1. The Morgan fingerprint density at radius 3 is 2.62 bits per heavy atom. The molecule has 2 aromatic rings. The molecule has 0 atom stereocenters. The lowest BCUT2D eigenvalue weighted by molar-refractivity contribution is -0.0514. The largest absolute Gasteiger partial charge is 0.490 e. The fourth-order valence-corrected chi connectivity index (χ4v) is 2.08. The molecule has 0 aliphatic rings. The van der Waals surface area contributed by atoms with E-state index >= 15 is 0 Å². The third-order valence-corrected chi connectivity index (χ3v) is 3.11. The summed E-state index contributed by atoms with van der Waals surface area (Å²) in [6, 6.07) is 10.3. The second kappa shape index (κ2) is 8.11. The van der Waals surface area contributed by atoms with Gasteiger partial charge in [-0.2, -0.15) is 14.0 Å². The molecule has 7 heteroatoms. The minimum atomic E-state index is -2.94. The van der Waals surface area contributed by atoms with Crippen LogP contribution in [0.5, 0.6) is 11.5 Å². The zero-order valence-electron chi connectivity index (χ0n) is 12.9.